The molecule has 0 bridgehead atoms. The summed E-state index contributed by atoms with van der Waals surface area (Å²) in [6, 6.07) is -0.263. The molecule has 0 spiro atoms. The van der Waals surface area contributed by atoms with E-state index < -0.39 is 0 Å². The number of hydrogen-bond acceptors (Lipinski definition) is 2. The maximum absolute atomic E-state index is 11.4. The van der Waals surface area contributed by atoms with Gasteiger partial charge in [-0.05, 0) is 19.3 Å². The van der Waals surface area contributed by atoms with Crippen LogP contribution in [0.5, 0.6) is 0 Å². The van der Waals surface area contributed by atoms with E-state index in [2.05, 4.69) is 0 Å². The Labute approximate surface area is 71.1 Å². The summed E-state index contributed by atoms with van der Waals surface area (Å²) in [5.41, 5.74) is 0. The van der Waals surface area contributed by atoms with Crippen molar-refractivity contribution < 1.29 is 9.59 Å². The van der Waals surface area contributed by atoms with Crippen LogP contribution < -0.4 is 0 Å². The fraction of sp³-hybridized carbons (Fsp3) is 0.750. The van der Waals surface area contributed by atoms with E-state index in [1.54, 1.807) is 11.9 Å². The molecule has 2 aliphatic rings. The summed E-state index contributed by atoms with van der Waals surface area (Å²) in [7, 11) is 1.56. The van der Waals surface area contributed by atoms with Gasteiger partial charge in [0.1, 0.15) is 6.04 Å². The molecular formula is C8H12N2O2. The maximum Gasteiger partial charge on any atom is 0.327 e. The van der Waals surface area contributed by atoms with Crippen molar-refractivity contribution in [2.45, 2.75) is 25.3 Å². The number of fused-ring (bicyclic) bond motifs is 1. The smallest absolute Gasteiger partial charge is 0.312 e. The highest BCUT2D eigenvalue weighted by molar-refractivity contribution is 6.03. The molecular weight excluding hydrogens is 156 g/mol. The molecule has 3 amide bonds. The molecule has 0 aliphatic carbocycles. The lowest BCUT2D eigenvalue weighted by Gasteiger charge is -2.25. The van der Waals surface area contributed by atoms with Crippen molar-refractivity contribution in [2.75, 3.05) is 13.6 Å². The molecule has 2 rings (SSSR count). The normalized spacial score (nSPS) is 29.6. The zero-order valence-corrected chi connectivity index (χ0v) is 7.12. The number of carbonyl (C=O) groups is 2. The van der Waals surface area contributed by atoms with E-state index in [0.717, 1.165) is 25.8 Å². The van der Waals surface area contributed by atoms with Crippen LogP contribution in [0.3, 0.4) is 0 Å². The first kappa shape index (κ1) is 7.58. The van der Waals surface area contributed by atoms with Crippen LogP contribution in [0.25, 0.3) is 0 Å². The Balaban J connectivity index is 2.25. The van der Waals surface area contributed by atoms with Crippen LogP contribution in [0.15, 0.2) is 0 Å². The molecule has 4 nitrogen and oxygen atoms in total. The van der Waals surface area contributed by atoms with Crippen molar-refractivity contribution in [3.05, 3.63) is 0 Å². The summed E-state index contributed by atoms with van der Waals surface area (Å²) in [6.45, 7) is 0.750. The Morgan fingerprint density at radius 1 is 1.33 bits per heavy atom. The van der Waals surface area contributed by atoms with Crippen LogP contribution in [-0.2, 0) is 4.79 Å². The summed E-state index contributed by atoms with van der Waals surface area (Å²) in [6.07, 6.45) is 2.94. The number of rotatable bonds is 0. The lowest BCUT2D eigenvalue weighted by Crippen LogP contribution is -2.38. The standard InChI is InChI=1S/C8H12N2O2/c1-9-7(11)6-4-2-3-5-10(6)8(9)12/h6H,2-5H2,1H3/t6-/m1/s1. The van der Waals surface area contributed by atoms with E-state index in [0.29, 0.717) is 0 Å². The maximum atomic E-state index is 11.4. The van der Waals surface area contributed by atoms with Crippen molar-refractivity contribution in [3.8, 4) is 0 Å². The lowest BCUT2D eigenvalue weighted by molar-refractivity contribution is -0.127. The monoisotopic (exact) mass is 168 g/mol. The Morgan fingerprint density at radius 2 is 2.08 bits per heavy atom. The molecule has 2 saturated heterocycles. The van der Waals surface area contributed by atoms with Gasteiger partial charge in [0.2, 0.25) is 0 Å². The van der Waals surface area contributed by atoms with Crippen molar-refractivity contribution in [1.82, 2.24) is 9.80 Å². The van der Waals surface area contributed by atoms with E-state index in [9.17, 15) is 9.59 Å². The summed E-state index contributed by atoms with van der Waals surface area (Å²) in [5, 5.41) is 0. The topological polar surface area (TPSA) is 40.6 Å². The quantitative estimate of drug-likeness (QED) is 0.492. The number of amides is 3. The van der Waals surface area contributed by atoms with Gasteiger partial charge in [0.15, 0.2) is 0 Å². The van der Waals surface area contributed by atoms with Crippen molar-refractivity contribution in [1.29, 1.82) is 0 Å². The molecule has 66 valence electrons. The molecule has 0 saturated carbocycles. The minimum absolute atomic E-state index is 0.0281. The Bertz CT molecular complexity index is 215. The number of urea groups is 1. The molecule has 0 aromatic rings. The minimum atomic E-state index is -0.142. The summed E-state index contributed by atoms with van der Waals surface area (Å²) in [5.74, 6) is -0.0281. The van der Waals surface area contributed by atoms with Crippen LogP contribution in [-0.4, -0.2) is 41.4 Å². The van der Waals surface area contributed by atoms with Gasteiger partial charge >= 0.3 is 6.03 Å². The molecule has 2 heterocycles. The first-order valence-electron chi connectivity index (χ1n) is 4.30. The molecule has 0 aromatic carbocycles. The van der Waals surface area contributed by atoms with Crippen LogP contribution >= 0.6 is 0 Å². The zero-order chi connectivity index (χ0) is 8.72. The minimum Gasteiger partial charge on any atom is -0.312 e. The van der Waals surface area contributed by atoms with Crippen LogP contribution in [0.1, 0.15) is 19.3 Å². The zero-order valence-electron chi connectivity index (χ0n) is 7.12. The van der Waals surface area contributed by atoms with E-state index in [1.807, 2.05) is 0 Å². The van der Waals surface area contributed by atoms with Gasteiger partial charge < -0.3 is 4.90 Å². The highest BCUT2D eigenvalue weighted by atomic mass is 16.2. The average molecular weight is 168 g/mol. The number of carbonyl (C=O) groups excluding carboxylic acids is 2. The SMILES string of the molecule is CN1C(=O)[C@H]2CCCCN2C1=O. The molecule has 1 atom stereocenters. The number of nitrogens with zero attached hydrogens (tertiary/aromatic N) is 2. The van der Waals surface area contributed by atoms with Gasteiger partial charge in [-0.3, -0.25) is 9.69 Å². The number of hydrogen-bond donors (Lipinski definition) is 0. The number of imide groups is 1. The van der Waals surface area contributed by atoms with Crippen LogP contribution in [0.2, 0.25) is 0 Å². The van der Waals surface area contributed by atoms with E-state index >= 15 is 0 Å². The Hall–Kier alpha value is -1.06. The Kier molecular flexibility index (Phi) is 1.56. The summed E-state index contributed by atoms with van der Waals surface area (Å²) < 4.78 is 0. The molecule has 0 radical (unpaired) electrons. The van der Waals surface area contributed by atoms with Crippen LogP contribution in [0, 0.1) is 0 Å². The van der Waals surface area contributed by atoms with Crippen molar-refractivity contribution >= 4 is 11.9 Å². The third-order valence-electron chi connectivity index (χ3n) is 2.65. The highest BCUT2D eigenvalue weighted by Gasteiger charge is 2.43. The Morgan fingerprint density at radius 3 is 2.75 bits per heavy atom. The van der Waals surface area contributed by atoms with E-state index in [4.69, 9.17) is 0 Å². The molecule has 0 N–H and O–H groups in total. The van der Waals surface area contributed by atoms with E-state index in [1.165, 1.54) is 4.90 Å². The van der Waals surface area contributed by atoms with Gasteiger partial charge in [0.25, 0.3) is 5.91 Å². The number of piperidine rings is 1. The molecule has 2 aliphatic heterocycles. The summed E-state index contributed by atoms with van der Waals surface area (Å²) in [4.78, 5) is 25.7. The van der Waals surface area contributed by atoms with E-state index in [-0.39, 0.29) is 18.0 Å². The largest absolute Gasteiger partial charge is 0.327 e. The molecule has 12 heavy (non-hydrogen) atoms. The highest BCUT2D eigenvalue weighted by Crippen LogP contribution is 2.25. The molecule has 4 heteroatoms. The molecule has 2 fully saturated rings. The fourth-order valence-corrected chi connectivity index (χ4v) is 1.93. The van der Waals surface area contributed by atoms with Crippen LogP contribution in [0.4, 0.5) is 4.79 Å². The van der Waals surface area contributed by atoms with Crippen molar-refractivity contribution in [2.24, 2.45) is 0 Å². The second-order valence-electron chi connectivity index (χ2n) is 3.38. The van der Waals surface area contributed by atoms with Gasteiger partial charge in [0, 0.05) is 13.6 Å². The first-order chi connectivity index (χ1) is 5.72. The van der Waals surface area contributed by atoms with Gasteiger partial charge in [-0.25, -0.2) is 4.79 Å². The van der Waals surface area contributed by atoms with Gasteiger partial charge in [-0.1, -0.05) is 0 Å². The molecule has 0 unspecified atom stereocenters. The van der Waals surface area contributed by atoms with Gasteiger partial charge in [-0.2, -0.15) is 0 Å². The summed E-state index contributed by atoms with van der Waals surface area (Å²) >= 11 is 0. The second kappa shape index (κ2) is 2.47. The third-order valence-corrected chi connectivity index (χ3v) is 2.65. The van der Waals surface area contributed by atoms with Gasteiger partial charge in [0.05, 0.1) is 0 Å². The fourth-order valence-electron chi connectivity index (χ4n) is 1.93. The first-order valence-corrected chi connectivity index (χ1v) is 4.30. The number of likely N-dealkylation sites (N-methyl/N-ethyl adjacent to an activating group) is 1. The third kappa shape index (κ3) is 0.838. The second-order valence-corrected chi connectivity index (χ2v) is 3.38. The lowest BCUT2D eigenvalue weighted by atomic mass is 10.0. The average Bonchev–Trinajstić information content (AvgIpc) is 2.33. The molecule has 0 aromatic heterocycles. The predicted molar refractivity (Wildman–Crippen MR) is 42.5 cm³/mol. The predicted octanol–water partition coefficient (Wildman–Crippen LogP) is 0.433. The van der Waals surface area contributed by atoms with Gasteiger partial charge in [-0.15, -0.1) is 0 Å². The van der Waals surface area contributed by atoms with Crippen molar-refractivity contribution in [3.63, 3.8) is 0 Å².